The van der Waals surface area contributed by atoms with Crippen molar-refractivity contribution in [1.82, 2.24) is 15.5 Å². The molecule has 1 fully saturated rings. The van der Waals surface area contributed by atoms with E-state index >= 15 is 0 Å². The first kappa shape index (κ1) is 12.1. The number of nitrogens with one attached hydrogen (secondary N) is 1. The lowest BCUT2D eigenvalue weighted by atomic mass is 10.1. The number of nitrogens with zero attached hydrogens (tertiary/aromatic N) is 2. The van der Waals surface area contributed by atoms with Crippen molar-refractivity contribution in [1.29, 1.82) is 0 Å². The Kier molecular flexibility index (Phi) is 3.43. The summed E-state index contributed by atoms with van der Waals surface area (Å²) in [5, 5.41) is 16.4. The molecule has 0 aliphatic carbocycles. The van der Waals surface area contributed by atoms with Crippen molar-refractivity contribution in [3.05, 3.63) is 41.5 Å². The van der Waals surface area contributed by atoms with Gasteiger partial charge in [0.05, 0.1) is 6.61 Å². The van der Waals surface area contributed by atoms with Crippen LogP contribution in [0.5, 0.6) is 5.75 Å². The fraction of sp³-hybridized carbons (Fsp3) is 0.385. The van der Waals surface area contributed by atoms with Crippen molar-refractivity contribution in [2.45, 2.75) is 12.5 Å². The van der Waals surface area contributed by atoms with E-state index < -0.39 is 0 Å². The van der Waals surface area contributed by atoms with Crippen LogP contribution in [0.1, 0.15) is 23.4 Å². The Balaban J connectivity index is 1.68. The van der Waals surface area contributed by atoms with Gasteiger partial charge in [-0.25, -0.2) is 0 Å². The average Bonchev–Trinajstić information content (AvgIpc) is 2.91. The topological polar surface area (TPSA) is 80.4 Å². The molecule has 3 rings (SSSR count). The van der Waals surface area contributed by atoms with E-state index in [0.717, 1.165) is 12.1 Å². The molecule has 1 saturated heterocycles. The first-order chi connectivity index (χ1) is 9.31. The van der Waals surface area contributed by atoms with Crippen LogP contribution in [0.4, 0.5) is 0 Å². The molecule has 6 nitrogen and oxygen atoms in total. The number of benzene rings is 1. The van der Waals surface area contributed by atoms with Crippen LogP contribution in [-0.4, -0.2) is 34.9 Å². The molecule has 100 valence electrons. The Morgan fingerprint density at radius 3 is 2.89 bits per heavy atom. The van der Waals surface area contributed by atoms with Gasteiger partial charge < -0.3 is 19.7 Å². The number of aromatic hydroxyl groups is 1. The smallest absolute Gasteiger partial charge is 0.257 e. The van der Waals surface area contributed by atoms with Gasteiger partial charge in [-0.05, 0) is 17.7 Å². The summed E-state index contributed by atoms with van der Waals surface area (Å²) in [4.78, 5) is 4.35. The van der Waals surface area contributed by atoms with Gasteiger partial charge in [-0.1, -0.05) is 17.3 Å². The standard InChI is InChI=1S/C13H15N3O3/c17-10-3-1-9(2-4-10)7-12-15-13(19-16-12)11-8-14-5-6-18-11/h1-4,11,14,17H,5-8H2. The van der Waals surface area contributed by atoms with E-state index in [-0.39, 0.29) is 11.9 Å². The van der Waals surface area contributed by atoms with Gasteiger partial charge in [0, 0.05) is 19.5 Å². The lowest BCUT2D eigenvalue weighted by Crippen LogP contribution is -2.33. The average molecular weight is 261 g/mol. The van der Waals surface area contributed by atoms with Crippen LogP contribution in [0.3, 0.4) is 0 Å². The number of phenolic OH excluding ortho intramolecular Hbond substituents is 1. The maximum Gasteiger partial charge on any atom is 0.257 e. The number of morpholine rings is 1. The molecule has 2 N–H and O–H groups in total. The third kappa shape index (κ3) is 2.91. The highest BCUT2D eigenvalue weighted by atomic mass is 16.5. The Labute approximate surface area is 110 Å². The second kappa shape index (κ2) is 5.38. The molecule has 0 saturated carbocycles. The van der Waals surface area contributed by atoms with E-state index in [1.165, 1.54) is 0 Å². The van der Waals surface area contributed by atoms with Gasteiger partial charge in [-0.3, -0.25) is 0 Å². The molecule has 2 heterocycles. The first-order valence-corrected chi connectivity index (χ1v) is 6.24. The highest BCUT2D eigenvalue weighted by Gasteiger charge is 2.22. The molecule has 1 aliphatic rings. The van der Waals surface area contributed by atoms with Gasteiger partial charge in [0.2, 0.25) is 0 Å². The van der Waals surface area contributed by atoms with Crippen molar-refractivity contribution < 1.29 is 14.4 Å². The third-order valence-corrected chi connectivity index (χ3v) is 2.99. The van der Waals surface area contributed by atoms with Crippen molar-refractivity contribution in [2.75, 3.05) is 19.7 Å². The summed E-state index contributed by atoms with van der Waals surface area (Å²) in [6.07, 6.45) is 0.416. The molecule has 0 spiro atoms. The van der Waals surface area contributed by atoms with Crippen molar-refractivity contribution in [3.8, 4) is 5.75 Å². The molecular formula is C13H15N3O3. The fourth-order valence-electron chi connectivity index (χ4n) is 1.99. The van der Waals surface area contributed by atoms with Gasteiger partial charge >= 0.3 is 0 Å². The molecule has 1 aromatic carbocycles. The van der Waals surface area contributed by atoms with Crippen LogP contribution in [0.15, 0.2) is 28.8 Å². The second-order valence-corrected chi connectivity index (χ2v) is 4.46. The van der Waals surface area contributed by atoms with Gasteiger partial charge in [-0.15, -0.1) is 0 Å². The maximum absolute atomic E-state index is 9.22. The van der Waals surface area contributed by atoms with Crippen LogP contribution in [-0.2, 0) is 11.2 Å². The summed E-state index contributed by atoms with van der Waals surface area (Å²) in [6, 6.07) is 6.96. The lowest BCUT2D eigenvalue weighted by Gasteiger charge is -2.19. The highest BCUT2D eigenvalue weighted by Crippen LogP contribution is 2.18. The zero-order valence-corrected chi connectivity index (χ0v) is 10.4. The number of hydrogen-bond donors (Lipinski definition) is 2. The molecule has 0 amide bonds. The zero-order valence-electron chi connectivity index (χ0n) is 10.4. The summed E-state index contributed by atoms with van der Waals surface area (Å²) in [5.41, 5.74) is 1.02. The van der Waals surface area contributed by atoms with Gasteiger partial charge in [0.25, 0.3) is 5.89 Å². The second-order valence-electron chi connectivity index (χ2n) is 4.46. The number of aromatic nitrogens is 2. The van der Waals surface area contributed by atoms with Crippen LogP contribution in [0.2, 0.25) is 0 Å². The Bertz CT molecular complexity index is 532. The summed E-state index contributed by atoms with van der Waals surface area (Å²) in [5.74, 6) is 1.38. The van der Waals surface area contributed by atoms with Crippen molar-refractivity contribution in [3.63, 3.8) is 0 Å². The lowest BCUT2D eigenvalue weighted by molar-refractivity contribution is 0.00755. The minimum absolute atomic E-state index is 0.158. The molecule has 0 bridgehead atoms. The Morgan fingerprint density at radius 2 is 2.16 bits per heavy atom. The van der Waals surface area contributed by atoms with E-state index in [1.54, 1.807) is 12.1 Å². The van der Waals surface area contributed by atoms with E-state index in [2.05, 4.69) is 15.5 Å². The van der Waals surface area contributed by atoms with Crippen LogP contribution < -0.4 is 5.32 Å². The largest absolute Gasteiger partial charge is 0.508 e. The molecule has 2 aromatic rings. The molecule has 1 atom stereocenters. The van der Waals surface area contributed by atoms with Crippen LogP contribution in [0.25, 0.3) is 0 Å². The van der Waals surface area contributed by atoms with Crippen molar-refractivity contribution >= 4 is 0 Å². The van der Waals surface area contributed by atoms with Gasteiger partial charge in [0.15, 0.2) is 5.82 Å². The van der Waals surface area contributed by atoms with Gasteiger partial charge in [0.1, 0.15) is 11.9 Å². The summed E-state index contributed by atoms with van der Waals surface area (Å²) in [6.45, 7) is 2.20. The van der Waals surface area contributed by atoms with E-state index in [1.807, 2.05) is 12.1 Å². The number of phenols is 1. The number of ether oxygens (including phenoxy) is 1. The van der Waals surface area contributed by atoms with Crippen molar-refractivity contribution in [2.24, 2.45) is 0 Å². The molecule has 1 unspecified atom stereocenters. The Hall–Kier alpha value is -1.92. The molecule has 1 aliphatic heterocycles. The molecular weight excluding hydrogens is 246 g/mol. The Morgan fingerprint density at radius 1 is 1.32 bits per heavy atom. The predicted molar refractivity (Wildman–Crippen MR) is 66.8 cm³/mol. The third-order valence-electron chi connectivity index (χ3n) is 2.99. The predicted octanol–water partition coefficient (Wildman–Crippen LogP) is 1.03. The van der Waals surface area contributed by atoms with E-state index in [9.17, 15) is 5.11 Å². The van der Waals surface area contributed by atoms with Crippen LogP contribution in [0, 0.1) is 0 Å². The van der Waals surface area contributed by atoms with Gasteiger partial charge in [-0.2, -0.15) is 4.98 Å². The minimum Gasteiger partial charge on any atom is -0.508 e. The fourth-order valence-corrected chi connectivity index (χ4v) is 1.99. The monoisotopic (exact) mass is 261 g/mol. The molecule has 6 heteroatoms. The van der Waals surface area contributed by atoms with E-state index in [4.69, 9.17) is 9.26 Å². The normalized spacial score (nSPS) is 19.5. The number of hydrogen-bond acceptors (Lipinski definition) is 6. The number of rotatable bonds is 3. The zero-order chi connectivity index (χ0) is 13.1. The van der Waals surface area contributed by atoms with Crippen LogP contribution >= 0.6 is 0 Å². The summed E-state index contributed by atoms with van der Waals surface area (Å²) in [7, 11) is 0. The quantitative estimate of drug-likeness (QED) is 0.859. The highest BCUT2D eigenvalue weighted by molar-refractivity contribution is 5.27. The molecule has 19 heavy (non-hydrogen) atoms. The first-order valence-electron chi connectivity index (χ1n) is 6.24. The molecule has 0 radical (unpaired) electrons. The summed E-state index contributed by atoms with van der Waals surface area (Å²) >= 11 is 0. The summed E-state index contributed by atoms with van der Waals surface area (Å²) < 4.78 is 10.8. The van der Waals surface area contributed by atoms with E-state index in [0.29, 0.717) is 31.3 Å². The maximum atomic E-state index is 9.22. The SMILES string of the molecule is Oc1ccc(Cc2noc(C3CNCCO3)n2)cc1. The minimum atomic E-state index is -0.158. The molecule has 1 aromatic heterocycles.